The first-order valence-electron chi connectivity index (χ1n) is 11.0. The topological polar surface area (TPSA) is 95.6 Å². The maximum atomic E-state index is 13.3. The van der Waals surface area contributed by atoms with Crippen LogP contribution in [0.25, 0.3) is 11.0 Å². The van der Waals surface area contributed by atoms with Crippen molar-refractivity contribution in [2.24, 2.45) is 0 Å². The minimum Gasteiger partial charge on any atom is -0.444 e. The Bertz CT molecular complexity index is 1040. The highest BCUT2D eigenvalue weighted by Crippen LogP contribution is 2.34. The molecule has 0 radical (unpaired) electrons. The van der Waals surface area contributed by atoms with Crippen LogP contribution in [-0.2, 0) is 14.8 Å². The van der Waals surface area contributed by atoms with E-state index in [1.165, 1.54) is 5.56 Å². The fraction of sp³-hybridized carbons (Fsp3) is 0.636. The number of aromatic amines is 1. The lowest BCUT2D eigenvalue weighted by Crippen LogP contribution is -2.51. The number of aromatic nitrogens is 2. The Morgan fingerprint density at radius 3 is 2.65 bits per heavy atom. The molecule has 2 aliphatic heterocycles. The van der Waals surface area contributed by atoms with Gasteiger partial charge in [0.2, 0.25) is 10.0 Å². The Morgan fingerprint density at radius 1 is 1.19 bits per heavy atom. The molecule has 31 heavy (non-hydrogen) atoms. The summed E-state index contributed by atoms with van der Waals surface area (Å²) in [5, 5.41) is 0.548. The Hall–Kier alpha value is -2.13. The fourth-order valence-electron chi connectivity index (χ4n) is 4.62. The number of fused-ring (bicyclic) bond motifs is 1. The van der Waals surface area contributed by atoms with Crippen molar-refractivity contribution >= 4 is 27.1 Å². The zero-order valence-electron chi connectivity index (χ0n) is 18.5. The van der Waals surface area contributed by atoms with Crippen LogP contribution in [0.5, 0.6) is 0 Å². The summed E-state index contributed by atoms with van der Waals surface area (Å²) in [5.41, 5.74) is 1.49. The molecule has 2 fully saturated rings. The number of pyridine rings is 1. The molecular formula is C22H32N4O4S. The molecule has 4 rings (SSSR count). The van der Waals surface area contributed by atoms with Crippen molar-refractivity contribution in [2.75, 3.05) is 26.2 Å². The van der Waals surface area contributed by atoms with Gasteiger partial charge in [-0.05, 0) is 70.1 Å². The van der Waals surface area contributed by atoms with Gasteiger partial charge in [0.1, 0.15) is 11.2 Å². The molecule has 9 heteroatoms. The predicted molar refractivity (Wildman–Crippen MR) is 119 cm³/mol. The number of carbonyl (C=O) groups excluding carboxylic acids is 1. The van der Waals surface area contributed by atoms with Crippen LogP contribution in [0.2, 0.25) is 0 Å². The van der Waals surface area contributed by atoms with E-state index in [-0.39, 0.29) is 6.54 Å². The van der Waals surface area contributed by atoms with E-state index in [0.717, 1.165) is 23.9 Å². The van der Waals surface area contributed by atoms with E-state index in [1.807, 2.05) is 33.0 Å². The average molecular weight is 449 g/mol. The Morgan fingerprint density at radius 2 is 1.94 bits per heavy atom. The van der Waals surface area contributed by atoms with Gasteiger partial charge >= 0.3 is 6.09 Å². The zero-order chi connectivity index (χ0) is 22.2. The van der Waals surface area contributed by atoms with E-state index >= 15 is 0 Å². The number of nitrogens with zero attached hydrogens (tertiary/aromatic N) is 3. The molecule has 1 atom stereocenters. The third-order valence-corrected chi connectivity index (χ3v) is 8.50. The molecule has 4 heterocycles. The van der Waals surface area contributed by atoms with Crippen molar-refractivity contribution in [3.63, 3.8) is 0 Å². The fourth-order valence-corrected chi connectivity index (χ4v) is 6.59. The molecule has 8 nitrogen and oxygen atoms in total. The van der Waals surface area contributed by atoms with Crippen molar-refractivity contribution in [1.29, 1.82) is 0 Å². The monoisotopic (exact) mass is 448 g/mol. The van der Waals surface area contributed by atoms with Crippen LogP contribution in [-0.4, -0.2) is 70.7 Å². The van der Waals surface area contributed by atoms with E-state index in [2.05, 4.69) is 16.0 Å². The number of rotatable bonds is 3. The Balaban J connectivity index is 1.40. The summed E-state index contributed by atoms with van der Waals surface area (Å²) >= 11 is 0. The van der Waals surface area contributed by atoms with Gasteiger partial charge in [-0.25, -0.2) is 22.5 Å². The average Bonchev–Trinajstić information content (AvgIpc) is 3.17. The SMILES string of the molecule is CC(C)(C)OC(=O)N1CCCC(S(=O)(=O)N2CCC(c3c[nH]c4ncccc34)CC2)C1. The van der Waals surface area contributed by atoms with Crippen LogP contribution in [0, 0.1) is 0 Å². The highest BCUT2D eigenvalue weighted by Gasteiger charge is 2.39. The van der Waals surface area contributed by atoms with Crippen LogP contribution < -0.4 is 0 Å². The number of amides is 1. The molecule has 0 saturated carbocycles. The van der Waals surface area contributed by atoms with Crippen molar-refractivity contribution in [1.82, 2.24) is 19.2 Å². The number of hydrogen-bond donors (Lipinski definition) is 1. The van der Waals surface area contributed by atoms with Crippen molar-refractivity contribution in [2.45, 2.75) is 63.2 Å². The molecule has 170 valence electrons. The van der Waals surface area contributed by atoms with Crippen LogP contribution >= 0.6 is 0 Å². The summed E-state index contributed by atoms with van der Waals surface area (Å²) in [6.07, 6.45) is 6.15. The van der Waals surface area contributed by atoms with Gasteiger partial charge in [0.25, 0.3) is 0 Å². The lowest BCUT2D eigenvalue weighted by Gasteiger charge is -2.38. The summed E-state index contributed by atoms with van der Waals surface area (Å²) in [4.78, 5) is 21.5. The highest BCUT2D eigenvalue weighted by atomic mass is 32.2. The van der Waals surface area contributed by atoms with E-state index in [1.54, 1.807) is 15.4 Å². The van der Waals surface area contributed by atoms with Crippen molar-refractivity contribution < 1.29 is 17.9 Å². The summed E-state index contributed by atoms with van der Waals surface area (Å²) < 4.78 is 33.7. The third-order valence-electron chi connectivity index (χ3n) is 6.19. The van der Waals surface area contributed by atoms with Crippen LogP contribution in [0.3, 0.4) is 0 Å². The molecule has 1 amide bonds. The first-order valence-corrected chi connectivity index (χ1v) is 12.5. The van der Waals surface area contributed by atoms with Gasteiger partial charge in [-0.2, -0.15) is 0 Å². The van der Waals surface area contributed by atoms with E-state index in [0.29, 0.717) is 38.4 Å². The second-order valence-electron chi connectivity index (χ2n) is 9.55. The minimum atomic E-state index is -3.47. The standard InChI is InChI=1S/C22H32N4O4S/c1-22(2,3)30-21(27)25-11-5-6-17(15-25)31(28,29)26-12-8-16(9-13-26)19-14-24-20-18(19)7-4-10-23-20/h4,7,10,14,16-17H,5-6,8-9,11-13,15H2,1-3H3,(H,23,24). The van der Waals surface area contributed by atoms with Crippen molar-refractivity contribution in [3.8, 4) is 0 Å². The molecule has 1 unspecified atom stereocenters. The van der Waals surface area contributed by atoms with Crippen LogP contribution in [0.4, 0.5) is 4.79 Å². The molecule has 2 aliphatic rings. The maximum absolute atomic E-state index is 13.3. The van der Waals surface area contributed by atoms with Gasteiger partial charge in [0, 0.05) is 44.0 Å². The molecule has 0 aromatic carbocycles. The zero-order valence-corrected chi connectivity index (χ0v) is 19.3. The molecule has 0 spiro atoms. The number of sulfonamides is 1. The Kier molecular flexibility index (Phi) is 6.00. The number of ether oxygens (including phenoxy) is 1. The number of likely N-dealkylation sites (tertiary alicyclic amines) is 1. The summed E-state index contributed by atoms with van der Waals surface area (Å²) in [6, 6.07) is 3.99. The molecule has 0 bridgehead atoms. The van der Waals surface area contributed by atoms with Gasteiger partial charge in [0.05, 0.1) is 5.25 Å². The van der Waals surface area contributed by atoms with E-state index in [4.69, 9.17) is 4.74 Å². The normalized spacial score (nSPS) is 22.0. The number of carbonyl (C=O) groups is 1. The molecule has 1 N–H and O–H groups in total. The third kappa shape index (κ3) is 4.72. The highest BCUT2D eigenvalue weighted by molar-refractivity contribution is 7.89. The van der Waals surface area contributed by atoms with Crippen LogP contribution in [0.15, 0.2) is 24.5 Å². The van der Waals surface area contributed by atoms with E-state index in [9.17, 15) is 13.2 Å². The Labute approximate surface area is 184 Å². The lowest BCUT2D eigenvalue weighted by molar-refractivity contribution is 0.0217. The molecule has 2 aromatic rings. The minimum absolute atomic E-state index is 0.200. The first-order chi connectivity index (χ1) is 14.6. The number of nitrogens with one attached hydrogen (secondary N) is 1. The largest absolute Gasteiger partial charge is 0.444 e. The summed E-state index contributed by atoms with van der Waals surface area (Å²) in [7, 11) is -3.47. The quantitative estimate of drug-likeness (QED) is 0.776. The predicted octanol–water partition coefficient (Wildman–Crippen LogP) is 3.47. The number of hydrogen-bond acceptors (Lipinski definition) is 5. The molecular weight excluding hydrogens is 416 g/mol. The lowest BCUT2D eigenvalue weighted by atomic mass is 9.90. The van der Waals surface area contributed by atoms with Crippen LogP contribution in [0.1, 0.15) is 57.9 Å². The van der Waals surface area contributed by atoms with Gasteiger partial charge in [-0.15, -0.1) is 0 Å². The van der Waals surface area contributed by atoms with Crippen molar-refractivity contribution in [3.05, 3.63) is 30.1 Å². The van der Waals surface area contributed by atoms with Gasteiger partial charge < -0.3 is 14.6 Å². The number of H-pyrrole nitrogens is 1. The smallest absolute Gasteiger partial charge is 0.410 e. The van der Waals surface area contributed by atoms with Gasteiger partial charge in [-0.1, -0.05) is 0 Å². The van der Waals surface area contributed by atoms with Gasteiger partial charge in [-0.3, -0.25) is 0 Å². The molecule has 2 saturated heterocycles. The van der Waals surface area contributed by atoms with Gasteiger partial charge in [0.15, 0.2) is 0 Å². The second-order valence-corrected chi connectivity index (χ2v) is 11.8. The maximum Gasteiger partial charge on any atom is 0.410 e. The molecule has 0 aliphatic carbocycles. The first kappa shape index (κ1) is 22.1. The second kappa shape index (κ2) is 8.43. The van der Waals surface area contributed by atoms with E-state index < -0.39 is 27.0 Å². The summed E-state index contributed by atoms with van der Waals surface area (Å²) in [5.74, 6) is 0.314. The number of piperidine rings is 2. The molecule has 2 aromatic heterocycles. The summed E-state index contributed by atoms with van der Waals surface area (Å²) in [6.45, 7) is 7.19.